The number of hydrogen-bond acceptors (Lipinski definition) is 6. The first-order chi connectivity index (χ1) is 14.5. The van der Waals surface area contributed by atoms with Crippen LogP contribution in [0.25, 0.3) is 11.4 Å². The Morgan fingerprint density at radius 2 is 2.00 bits per heavy atom. The highest BCUT2D eigenvalue weighted by Gasteiger charge is 2.19. The van der Waals surface area contributed by atoms with Gasteiger partial charge in [0.05, 0.1) is 17.0 Å². The van der Waals surface area contributed by atoms with Crippen molar-refractivity contribution < 1.29 is 9.59 Å². The largest absolute Gasteiger partial charge is 0.366 e. The maximum absolute atomic E-state index is 12.5. The SMILES string of the molecule is CCCn1c(SCC(=O)Nc2ccccc2C(N)=O)nnc1-c1csc(C)c1CC. The van der Waals surface area contributed by atoms with Crippen LogP contribution in [0.5, 0.6) is 0 Å². The number of aromatic nitrogens is 3. The van der Waals surface area contributed by atoms with Crippen LogP contribution in [0.2, 0.25) is 0 Å². The first-order valence-corrected chi connectivity index (χ1v) is 11.6. The van der Waals surface area contributed by atoms with Crippen LogP contribution in [0.15, 0.2) is 34.8 Å². The van der Waals surface area contributed by atoms with Crippen molar-refractivity contribution in [2.75, 3.05) is 11.1 Å². The second-order valence-corrected chi connectivity index (χ2v) is 8.77. The van der Waals surface area contributed by atoms with E-state index in [0.717, 1.165) is 30.8 Å². The Bertz CT molecular complexity index is 1060. The Morgan fingerprint density at radius 3 is 2.70 bits per heavy atom. The molecule has 2 amide bonds. The first kappa shape index (κ1) is 22.0. The average Bonchev–Trinajstić information content (AvgIpc) is 3.29. The summed E-state index contributed by atoms with van der Waals surface area (Å²) in [7, 11) is 0. The molecule has 0 bridgehead atoms. The molecule has 7 nitrogen and oxygen atoms in total. The predicted molar refractivity (Wildman–Crippen MR) is 122 cm³/mol. The van der Waals surface area contributed by atoms with Crippen LogP contribution in [0, 0.1) is 6.92 Å². The normalized spacial score (nSPS) is 10.9. The van der Waals surface area contributed by atoms with E-state index in [4.69, 9.17) is 5.73 Å². The van der Waals surface area contributed by atoms with Crippen molar-refractivity contribution in [3.8, 4) is 11.4 Å². The molecule has 0 radical (unpaired) electrons. The number of benzene rings is 1. The predicted octanol–water partition coefficient (Wildman–Crippen LogP) is 4.12. The molecule has 9 heteroatoms. The van der Waals surface area contributed by atoms with Crippen molar-refractivity contribution >= 4 is 40.6 Å². The summed E-state index contributed by atoms with van der Waals surface area (Å²) in [6.07, 6.45) is 1.87. The highest BCUT2D eigenvalue weighted by atomic mass is 32.2. The number of carbonyl (C=O) groups is 2. The van der Waals surface area contributed by atoms with E-state index in [1.807, 2.05) is 0 Å². The van der Waals surface area contributed by atoms with Crippen LogP contribution in [0.1, 0.15) is 41.1 Å². The summed E-state index contributed by atoms with van der Waals surface area (Å²) < 4.78 is 2.08. The smallest absolute Gasteiger partial charge is 0.250 e. The number of primary amides is 1. The number of hydrogen-bond donors (Lipinski definition) is 2. The van der Waals surface area contributed by atoms with E-state index in [1.165, 1.54) is 22.2 Å². The van der Waals surface area contributed by atoms with Crippen LogP contribution in [0.3, 0.4) is 0 Å². The van der Waals surface area contributed by atoms with Gasteiger partial charge in [-0.05, 0) is 37.5 Å². The highest BCUT2D eigenvalue weighted by molar-refractivity contribution is 7.99. The molecule has 0 fully saturated rings. The lowest BCUT2D eigenvalue weighted by molar-refractivity contribution is -0.113. The van der Waals surface area contributed by atoms with Gasteiger partial charge in [-0.25, -0.2) is 0 Å². The van der Waals surface area contributed by atoms with E-state index in [0.29, 0.717) is 10.8 Å². The maximum atomic E-state index is 12.5. The molecule has 3 rings (SSSR count). The van der Waals surface area contributed by atoms with Crippen molar-refractivity contribution in [2.45, 2.75) is 45.3 Å². The van der Waals surface area contributed by atoms with Crippen LogP contribution < -0.4 is 11.1 Å². The lowest BCUT2D eigenvalue weighted by Crippen LogP contribution is -2.19. The summed E-state index contributed by atoms with van der Waals surface area (Å²) in [6, 6.07) is 6.69. The molecular weight excluding hydrogens is 418 g/mol. The number of thiophene rings is 1. The number of thioether (sulfide) groups is 1. The molecule has 1 aromatic carbocycles. The summed E-state index contributed by atoms with van der Waals surface area (Å²) in [5.74, 6) is 0.184. The number of nitrogens with one attached hydrogen (secondary N) is 1. The molecule has 0 atom stereocenters. The van der Waals surface area contributed by atoms with E-state index >= 15 is 0 Å². The van der Waals surface area contributed by atoms with E-state index in [2.05, 4.69) is 46.2 Å². The lowest BCUT2D eigenvalue weighted by Gasteiger charge is -2.10. The van der Waals surface area contributed by atoms with Gasteiger partial charge < -0.3 is 15.6 Å². The molecule has 2 aromatic heterocycles. The Kier molecular flexibility index (Phi) is 7.28. The third-order valence-electron chi connectivity index (χ3n) is 4.66. The number of amides is 2. The van der Waals surface area contributed by atoms with Crippen LogP contribution in [-0.2, 0) is 17.8 Å². The lowest BCUT2D eigenvalue weighted by atomic mass is 10.1. The zero-order valence-electron chi connectivity index (χ0n) is 17.3. The zero-order chi connectivity index (χ0) is 21.7. The van der Waals surface area contributed by atoms with Gasteiger partial charge in [0.25, 0.3) is 5.91 Å². The number of nitrogens with zero attached hydrogens (tertiary/aromatic N) is 3. The maximum Gasteiger partial charge on any atom is 0.250 e. The van der Waals surface area contributed by atoms with Gasteiger partial charge in [0.2, 0.25) is 5.91 Å². The van der Waals surface area contributed by atoms with Gasteiger partial charge in [-0.15, -0.1) is 21.5 Å². The molecule has 0 aliphatic heterocycles. The molecular formula is C21H25N5O2S2. The van der Waals surface area contributed by atoms with Gasteiger partial charge in [0.1, 0.15) is 0 Å². The fourth-order valence-corrected chi connectivity index (χ4v) is 4.95. The molecule has 0 spiro atoms. The Hall–Kier alpha value is -2.65. The monoisotopic (exact) mass is 443 g/mol. The quantitative estimate of drug-likeness (QED) is 0.484. The van der Waals surface area contributed by atoms with Gasteiger partial charge in [0.15, 0.2) is 11.0 Å². The summed E-state index contributed by atoms with van der Waals surface area (Å²) in [4.78, 5) is 25.3. The number of rotatable bonds is 9. The van der Waals surface area contributed by atoms with Gasteiger partial charge in [-0.3, -0.25) is 9.59 Å². The number of anilines is 1. The van der Waals surface area contributed by atoms with Crippen molar-refractivity contribution in [3.63, 3.8) is 0 Å². The topological polar surface area (TPSA) is 103 Å². The second kappa shape index (κ2) is 9.90. The Labute approximate surface area is 184 Å². The van der Waals surface area contributed by atoms with Crippen molar-refractivity contribution in [1.82, 2.24) is 14.8 Å². The summed E-state index contributed by atoms with van der Waals surface area (Å²) in [6.45, 7) is 7.14. The number of carbonyl (C=O) groups excluding carboxylic acids is 2. The molecule has 3 aromatic rings. The van der Waals surface area contributed by atoms with Crippen molar-refractivity contribution in [3.05, 3.63) is 45.6 Å². The van der Waals surface area contributed by atoms with E-state index in [-0.39, 0.29) is 17.2 Å². The van der Waals surface area contributed by atoms with Crippen LogP contribution in [-0.4, -0.2) is 32.3 Å². The molecule has 30 heavy (non-hydrogen) atoms. The third-order valence-corrected chi connectivity index (χ3v) is 6.58. The van der Waals surface area contributed by atoms with Crippen molar-refractivity contribution in [2.24, 2.45) is 5.73 Å². The Balaban J connectivity index is 1.77. The minimum absolute atomic E-state index is 0.151. The fraction of sp³-hybridized carbons (Fsp3) is 0.333. The standard InChI is InChI=1S/C21H25N5O2S2/c1-4-10-26-20(16-11-29-13(3)14(16)5-2)24-25-21(26)30-12-18(27)23-17-9-7-6-8-15(17)19(22)28/h6-9,11H,4-5,10,12H2,1-3H3,(H2,22,28)(H,23,27). The Morgan fingerprint density at radius 1 is 1.23 bits per heavy atom. The summed E-state index contributed by atoms with van der Waals surface area (Å²) >= 11 is 3.05. The summed E-state index contributed by atoms with van der Waals surface area (Å²) in [5, 5.41) is 14.4. The molecule has 2 heterocycles. The number of nitrogens with two attached hydrogens (primary N) is 1. The molecule has 0 saturated carbocycles. The second-order valence-electron chi connectivity index (χ2n) is 6.74. The van der Waals surface area contributed by atoms with E-state index in [9.17, 15) is 9.59 Å². The van der Waals surface area contributed by atoms with Gasteiger partial charge in [-0.1, -0.05) is 37.7 Å². The average molecular weight is 444 g/mol. The number of aryl methyl sites for hydroxylation is 1. The summed E-state index contributed by atoms with van der Waals surface area (Å²) in [5.41, 5.74) is 8.48. The minimum atomic E-state index is -0.580. The molecule has 0 aliphatic carbocycles. The fourth-order valence-electron chi connectivity index (χ4n) is 3.25. The molecule has 158 valence electrons. The zero-order valence-corrected chi connectivity index (χ0v) is 18.9. The van der Waals surface area contributed by atoms with Gasteiger partial charge in [-0.2, -0.15) is 0 Å². The first-order valence-electron chi connectivity index (χ1n) is 9.78. The highest BCUT2D eigenvalue weighted by Crippen LogP contribution is 2.32. The molecule has 3 N–H and O–H groups in total. The van der Waals surface area contributed by atoms with Crippen LogP contribution >= 0.6 is 23.1 Å². The van der Waals surface area contributed by atoms with Crippen molar-refractivity contribution in [1.29, 1.82) is 0 Å². The number of para-hydroxylation sites is 1. The molecule has 0 saturated heterocycles. The molecule has 0 unspecified atom stereocenters. The van der Waals surface area contributed by atoms with E-state index < -0.39 is 5.91 Å². The minimum Gasteiger partial charge on any atom is -0.366 e. The van der Waals surface area contributed by atoms with Crippen LogP contribution in [0.4, 0.5) is 5.69 Å². The van der Waals surface area contributed by atoms with Gasteiger partial charge in [0, 0.05) is 22.4 Å². The van der Waals surface area contributed by atoms with E-state index in [1.54, 1.807) is 35.6 Å². The van der Waals surface area contributed by atoms with Gasteiger partial charge >= 0.3 is 0 Å². The molecule has 0 aliphatic rings. The third kappa shape index (κ3) is 4.73.